The van der Waals surface area contributed by atoms with Crippen molar-refractivity contribution in [3.05, 3.63) is 0 Å². The molecule has 0 atom stereocenters. The fourth-order valence-electron chi connectivity index (χ4n) is 0.292. The summed E-state index contributed by atoms with van der Waals surface area (Å²) >= 11 is 3.95. The monoisotopic (exact) mass is 122 g/mol. The fourth-order valence-corrected chi connectivity index (χ4v) is 0.451. The summed E-state index contributed by atoms with van der Waals surface area (Å²) in [6, 6.07) is 0. The van der Waals surface area contributed by atoms with Crippen molar-refractivity contribution in [2.45, 2.75) is 0 Å². The average Bonchev–Trinajstić information content (AvgIpc) is 1.69. The number of rotatable bonds is 4. The molecular formula is C4H14N2S. The van der Waals surface area contributed by atoms with Gasteiger partial charge in [0, 0.05) is 20.4 Å². The van der Waals surface area contributed by atoms with E-state index in [1.54, 1.807) is 0 Å². The molecule has 0 spiro atoms. The Kier molecular flexibility index (Phi) is 6.51. The molecule has 0 fully saturated rings. The van der Waals surface area contributed by atoms with Gasteiger partial charge in [-0.25, -0.2) is 0 Å². The van der Waals surface area contributed by atoms with E-state index in [1.165, 1.54) is 0 Å². The average molecular weight is 122 g/mol. The van der Waals surface area contributed by atoms with Crippen LogP contribution in [0.25, 0.3) is 0 Å². The third kappa shape index (κ3) is 6.27. The molecule has 0 aliphatic rings. The summed E-state index contributed by atoms with van der Waals surface area (Å²) in [5.74, 6) is 0.766. The number of thiol groups is 1. The van der Waals surface area contributed by atoms with Crippen LogP contribution in [0.5, 0.6) is 0 Å². The number of hydrogen-bond donors (Lipinski definition) is 3. The van der Waals surface area contributed by atoms with Crippen LogP contribution in [0.1, 0.15) is 1.43 Å². The lowest BCUT2D eigenvalue weighted by molar-refractivity contribution is 0.709. The van der Waals surface area contributed by atoms with Gasteiger partial charge in [0.25, 0.3) is 0 Å². The zero-order valence-corrected chi connectivity index (χ0v) is 5.46. The minimum absolute atomic E-state index is 0. The van der Waals surface area contributed by atoms with Crippen molar-refractivity contribution < 1.29 is 1.43 Å². The van der Waals surface area contributed by atoms with Crippen LogP contribution in [-0.4, -0.2) is 26.0 Å². The largest absolute Gasteiger partial charge is 0.318 e. The first-order chi connectivity index (χ1) is 3.41. The lowest BCUT2D eigenvalue weighted by atomic mass is 10.6. The smallest absolute Gasteiger partial charge is 0.0387 e. The van der Waals surface area contributed by atoms with Gasteiger partial charge in [0.2, 0.25) is 0 Å². The highest BCUT2D eigenvalue weighted by Crippen LogP contribution is 1.61. The molecular weight excluding hydrogens is 108 g/mol. The van der Waals surface area contributed by atoms with Gasteiger partial charge < -0.3 is 10.6 Å². The second-order valence-electron chi connectivity index (χ2n) is 1.26. The minimum Gasteiger partial charge on any atom is -0.318 e. The Labute approximate surface area is 51.6 Å². The van der Waals surface area contributed by atoms with Crippen LogP contribution in [-0.2, 0) is 0 Å². The summed E-state index contributed by atoms with van der Waals surface area (Å²) in [7, 11) is 1.93. The van der Waals surface area contributed by atoms with Crippen LogP contribution in [0.3, 0.4) is 0 Å². The Balaban J connectivity index is 0. The maximum Gasteiger partial charge on any atom is 0.0387 e. The summed E-state index contributed by atoms with van der Waals surface area (Å²) in [4.78, 5) is 0. The van der Waals surface area contributed by atoms with Gasteiger partial charge in [-0.3, -0.25) is 0 Å². The van der Waals surface area contributed by atoms with E-state index in [-0.39, 0.29) is 1.43 Å². The Bertz CT molecular complexity index is 33.2. The molecule has 7 heavy (non-hydrogen) atoms. The standard InChI is InChI=1S/C4H12N2S.H2/c1-5-2-3-6-4-7;/h5-7H,2-4H2,1H3;1H. The molecule has 0 saturated carbocycles. The van der Waals surface area contributed by atoms with Gasteiger partial charge in [0.15, 0.2) is 0 Å². The summed E-state index contributed by atoms with van der Waals surface area (Å²) < 4.78 is 0. The minimum atomic E-state index is 0. The topological polar surface area (TPSA) is 24.1 Å². The van der Waals surface area contributed by atoms with Gasteiger partial charge in [-0.1, -0.05) is 0 Å². The van der Waals surface area contributed by atoms with Crippen LogP contribution in [0.4, 0.5) is 0 Å². The van der Waals surface area contributed by atoms with E-state index in [4.69, 9.17) is 0 Å². The van der Waals surface area contributed by atoms with E-state index in [2.05, 4.69) is 23.3 Å². The molecule has 0 aliphatic carbocycles. The molecule has 2 N–H and O–H groups in total. The van der Waals surface area contributed by atoms with E-state index in [1.807, 2.05) is 7.05 Å². The van der Waals surface area contributed by atoms with Gasteiger partial charge in [-0.15, -0.1) is 0 Å². The van der Waals surface area contributed by atoms with Crippen LogP contribution < -0.4 is 10.6 Å². The predicted octanol–water partition coefficient (Wildman–Crippen LogP) is -0.0713. The van der Waals surface area contributed by atoms with E-state index in [0.29, 0.717) is 0 Å². The summed E-state index contributed by atoms with van der Waals surface area (Å²) in [6.07, 6.45) is 0. The summed E-state index contributed by atoms with van der Waals surface area (Å²) in [5, 5.41) is 6.06. The van der Waals surface area contributed by atoms with Crippen LogP contribution in [0.2, 0.25) is 0 Å². The van der Waals surface area contributed by atoms with Gasteiger partial charge in [0.1, 0.15) is 0 Å². The highest BCUT2D eigenvalue weighted by Gasteiger charge is 1.76. The third-order valence-corrected chi connectivity index (χ3v) is 0.887. The maximum absolute atomic E-state index is 3.95. The van der Waals surface area contributed by atoms with Gasteiger partial charge >= 0.3 is 0 Å². The molecule has 0 aliphatic heterocycles. The summed E-state index contributed by atoms with van der Waals surface area (Å²) in [5.41, 5.74) is 0. The molecule has 0 amide bonds. The van der Waals surface area contributed by atoms with Crippen molar-refractivity contribution >= 4 is 12.6 Å². The van der Waals surface area contributed by atoms with E-state index in [9.17, 15) is 0 Å². The molecule has 0 radical (unpaired) electrons. The molecule has 0 rings (SSSR count). The number of likely N-dealkylation sites (N-methyl/N-ethyl adjacent to an activating group) is 1. The normalized spacial score (nSPS) is 9.43. The molecule has 0 aromatic heterocycles. The van der Waals surface area contributed by atoms with Crippen LogP contribution in [0.15, 0.2) is 0 Å². The molecule has 46 valence electrons. The zero-order chi connectivity index (χ0) is 5.54. The maximum atomic E-state index is 3.95. The first-order valence-corrected chi connectivity index (χ1v) is 3.01. The quantitative estimate of drug-likeness (QED) is 0.276. The van der Waals surface area contributed by atoms with Crippen molar-refractivity contribution in [1.82, 2.24) is 10.6 Å². The molecule has 0 aromatic carbocycles. The highest BCUT2D eigenvalue weighted by molar-refractivity contribution is 7.80. The molecule has 0 saturated heterocycles. The third-order valence-electron chi connectivity index (χ3n) is 0.664. The molecule has 3 heteroatoms. The number of hydrogen-bond acceptors (Lipinski definition) is 3. The Morgan fingerprint density at radius 1 is 1.57 bits per heavy atom. The van der Waals surface area contributed by atoms with Crippen LogP contribution >= 0.6 is 12.6 Å². The first kappa shape index (κ1) is 7.27. The molecule has 0 unspecified atom stereocenters. The van der Waals surface area contributed by atoms with Crippen LogP contribution in [0, 0.1) is 0 Å². The first-order valence-electron chi connectivity index (χ1n) is 2.38. The Hall–Kier alpha value is 0.270. The molecule has 0 bridgehead atoms. The Morgan fingerprint density at radius 3 is 2.71 bits per heavy atom. The Morgan fingerprint density at radius 2 is 2.29 bits per heavy atom. The lowest BCUT2D eigenvalue weighted by Crippen LogP contribution is -2.23. The SMILES string of the molecule is CNCCNCS.[HH]. The van der Waals surface area contributed by atoms with Gasteiger partial charge in [-0.05, 0) is 7.05 Å². The van der Waals surface area contributed by atoms with Crippen molar-refractivity contribution in [3.8, 4) is 0 Å². The lowest BCUT2D eigenvalue weighted by Gasteiger charge is -1.96. The van der Waals surface area contributed by atoms with Crippen molar-refractivity contribution in [3.63, 3.8) is 0 Å². The summed E-state index contributed by atoms with van der Waals surface area (Å²) in [6.45, 7) is 2.01. The van der Waals surface area contributed by atoms with Gasteiger partial charge in [0.05, 0.1) is 0 Å². The second kappa shape index (κ2) is 6.27. The van der Waals surface area contributed by atoms with E-state index in [0.717, 1.165) is 19.0 Å². The van der Waals surface area contributed by atoms with E-state index >= 15 is 0 Å². The number of nitrogens with one attached hydrogen (secondary N) is 2. The van der Waals surface area contributed by atoms with Crippen molar-refractivity contribution in [2.24, 2.45) is 0 Å². The van der Waals surface area contributed by atoms with E-state index < -0.39 is 0 Å². The predicted molar refractivity (Wildman–Crippen MR) is 37.9 cm³/mol. The second-order valence-corrected chi connectivity index (χ2v) is 1.58. The van der Waals surface area contributed by atoms with Crippen molar-refractivity contribution in [1.29, 1.82) is 0 Å². The molecule has 0 heterocycles. The fraction of sp³-hybridized carbons (Fsp3) is 1.00. The molecule has 2 nitrogen and oxygen atoms in total. The molecule has 0 aromatic rings. The van der Waals surface area contributed by atoms with Crippen molar-refractivity contribution in [2.75, 3.05) is 26.0 Å². The van der Waals surface area contributed by atoms with Gasteiger partial charge in [-0.2, -0.15) is 12.6 Å². The highest BCUT2D eigenvalue weighted by atomic mass is 32.1. The zero-order valence-electron chi connectivity index (χ0n) is 4.57.